The SMILES string of the molecule is CCN(C1COCC1C(=O)O)S(=O)(=O)NCC(F)(F)F. The van der Waals surface area contributed by atoms with Crippen molar-refractivity contribution in [2.75, 3.05) is 26.3 Å². The second-order valence-corrected chi connectivity index (χ2v) is 5.90. The van der Waals surface area contributed by atoms with Crippen LogP contribution in [0.4, 0.5) is 13.2 Å². The number of hydrogen-bond donors (Lipinski definition) is 2. The fourth-order valence-electron chi connectivity index (χ4n) is 1.90. The van der Waals surface area contributed by atoms with Gasteiger partial charge in [0.25, 0.3) is 10.2 Å². The monoisotopic (exact) mass is 320 g/mol. The third-order valence-electron chi connectivity index (χ3n) is 2.81. The van der Waals surface area contributed by atoms with Gasteiger partial charge in [-0.15, -0.1) is 0 Å². The highest BCUT2D eigenvalue weighted by atomic mass is 32.2. The number of hydrogen-bond acceptors (Lipinski definition) is 4. The van der Waals surface area contributed by atoms with Gasteiger partial charge in [-0.25, -0.2) is 0 Å². The van der Waals surface area contributed by atoms with Gasteiger partial charge in [-0.1, -0.05) is 6.92 Å². The molecule has 0 aliphatic carbocycles. The number of carboxylic acids is 1. The Morgan fingerprint density at radius 2 is 2.05 bits per heavy atom. The molecule has 0 spiro atoms. The maximum atomic E-state index is 12.1. The van der Waals surface area contributed by atoms with Crippen molar-refractivity contribution in [3.05, 3.63) is 0 Å². The summed E-state index contributed by atoms with van der Waals surface area (Å²) >= 11 is 0. The van der Waals surface area contributed by atoms with E-state index in [0.717, 1.165) is 0 Å². The first-order valence-corrected chi connectivity index (χ1v) is 7.16. The maximum absolute atomic E-state index is 12.1. The minimum absolute atomic E-state index is 0.162. The van der Waals surface area contributed by atoms with E-state index < -0.39 is 40.9 Å². The van der Waals surface area contributed by atoms with Gasteiger partial charge in [-0.2, -0.15) is 30.6 Å². The molecular formula is C9H15F3N2O5S. The molecule has 0 aromatic rings. The van der Waals surface area contributed by atoms with Crippen LogP contribution in [0.3, 0.4) is 0 Å². The van der Waals surface area contributed by atoms with Gasteiger partial charge in [0.2, 0.25) is 0 Å². The maximum Gasteiger partial charge on any atom is 0.402 e. The summed E-state index contributed by atoms with van der Waals surface area (Å²) in [4.78, 5) is 11.0. The van der Waals surface area contributed by atoms with Crippen molar-refractivity contribution < 1.29 is 36.2 Å². The minimum atomic E-state index is -4.69. The van der Waals surface area contributed by atoms with E-state index in [9.17, 15) is 26.4 Å². The van der Waals surface area contributed by atoms with Crippen LogP contribution in [0.5, 0.6) is 0 Å². The standard InChI is InChI=1S/C9H15F3N2O5S/c1-2-14(7-4-19-3-6(7)8(15)16)20(17,18)13-5-9(10,11)12/h6-7,13H,2-5H2,1H3,(H,15,16). The van der Waals surface area contributed by atoms with Crippen LogP contribution in [-0.2, 0) is 19.7 Å². The number of nitrogens with zero attached hydrogens (tertiary/aromatic N) is 1. The molecule has 1 saturated heterocycles. The molecule has 2 N–H and O–H groups in total. The second-order valence-electron chi connectivity index (χ2n) is 4.19. The molecule has 1 aliphatic rings. The molecule has 0 amide bonds. The first-order valence-electron chi connectivity index (χ1n) is 5.72. The third kappa shape index (κ3) is 4.30. The van der Waals surface area contributed by atoms with Crippen molar-refractivity contribution in [1.29, 1.82) is 0 Å². The van der Waals surface area contributed by atoms with Gasteiger partial charge in [-0.05, 0) is 0 Å². The summed E-state index contributed by atoms with van der Waals surface area (Å²) in [7, 11) is -4.44. The molecule has 1 heterocycles. The summed E-state index contributed by atoms with van der Waals surface area (Å²) in [5, 5.41) is 8.95. The molecule has 7 nitrogen and oxygen atoms in total. The molecule has 20 heavy (non-hydrogen) atoms. The van der Waals surface area contributed by atoms with Gasteiger partial charge >= 0.3 is 12.1 Å². The fourth-order valence-corrected chi connectivity index (χ4v) is 3.32. The zero-order valence-electron chi connectivity index (χ0n) is 10.6. The summed E-state index contributed by atoms with van der Waals surface area (Å²) in [6, 6.07) is -1.02. The largest absolute Gasteiger partial charge is 0.481 e. The zero-order chi connectivity index (χ0) is 15.6. The molecule has 1 fully saturated rings. The molecule has 0 aromatic heterocycles. The van der Waals surface area contributed by atoms with E-state index in [-0.39, 0.29) is 19.8 Å². The lowest BCUT2D eigenvalue weighted by Gasteiger charge is -2.28. The number of rotatable bonds is 6. The van der Waals surface area contributed by atoms with Gasteiger partial charge in [-0.3, -0.25) is 4.79 Å². The van der Waals surface area contributed by atoms with Crippen LogP contribution in [-0.4, -0.2) is 62.3 Å². The number of nitrogens with one attached hydrogen (secondary N) is 1. The van der Waals surface area contributed by atoms with E-state index in [0.29, 0.717) is 4.31 Å². The highest BCUT2D eigenvalue weighted by Gasteiger charge is 2.43. The number of carboxylic acid groups (broad SMARTS) is 1. The van der Waals surface area contributed by atoms with E-state index in [1.54, 1.807) is 0 Å². The predicted octanol–water partition coefficient (Wildman–Crippen LogP) is -0.195. The van der Waals surface area contributed by atoms with Crippen LogP contribution < -0.4 is 4.72 Å². The minimum Gasteiger partial charge on any atom is -0.481 e. The van der Waals surface area contributed by atoms with E-state index in [4.69, 9.17) is 9.84 Å². The highest BCUT2D eigenvalue weighted by molar-refractivity contribution is 7.87. The van der Waals surface area contributed by atoms with E-state index >= 15 is 0 Å². The van der Waals surface area contributed by atoms with E-state index in [2.05, 4.69) is 0 Å². The summed E-state index contributed by atoms with van der Waals surface area (Å²) in [6.07, 6.45) is -4.69. The normalized spacial score (nSPS) is 24.2. The highest BCUT2D eigenvalue weighted by Crippen LogP contribution is 2.22. The van der Waals surface area contributed by atoms with Crippen molar-refractivity contribution in [3.63, 3.8) is 0 Å². The van der Waals surface area contributed by atoms with Crippen LogP contribution in [0.1, 0.15) is 6.92 Å². The molecule has 1 rings (SSSR count). The Balaban J connectivity index is 2.86. The summed E-state index contributed by atoms with van der Waals surface area (Å²) in [5.74, 6) is -2.35. The Hall–Kier alpha value is -0.910. The van der Waals surface area contributed by atoms with Gasteiger partial charge < -0.3 is 9.84 Å². The first kappa shape index (κ1) is 17.1. The number of alkyl halides is 3. The molecule has 2 unspecified atom stereocenters. The van der Waals surface area contributed by atoms with Crippen LogP contribution >= 0.6 is 0 Å². The van der Waals surface area contributed by atoms with Gasteiger partial charge in [0.1, 0.15) is 6.54 Å². The number of aliphatic carboxylic acids is 1. The topological polar surface area (TPSA) is 95.9 Å². The van der Waals surface area contributed by atoms with Crippen LogP contribution in [0, 0.1) is 5.92 Å². The summed E-state index contributed by atoms with van der Waals surface area (Å²) in [5.41, 5.74) is 0. The first-order chi connectivity index (χ1) is 9.08. The quantitative estimate of drug-likeness (QED) is 0.707. The lowest BCUT2D eigenvalue weighted by atomic mass is 10.0. The smallest absolute Gasteiger partial charge is 0.402 e. The number of carbonyl (C=O) groups is 1. The summed E-state index contributed by atoms with van der Waals surface area (Å²) in [6.45, 7) is -0.810. The Bertz CT molecular complexity index is 453. The van der Waals surface area contributed by atoms with Gasteiger partial charge in [0.15, 0.2) is 0 Å². The molecule has 2 atom stereocenters. The molecule has 1 aliphatic heterocycles. The van der Waals surface area contributed by atoms with Crippen LogP contribution in [0.25, 0.3) is 0 Å². The Labute approximate surface area is 113 Å². The van der Waals surface area contributed by atoms with Crippen LogP contribution in [0.2, 0.25) is 0 Å². The third-order valence-corrected chi connectivity index (χ3v) is 4.47. The molecule has 0 saturated carbocycles. The zero-order valence-corrected chi connectivity index (χ0v) is 11.4. The van der Waals surface area contributed by atoms with Crippen molar-refractivity contribution in [2.24, 2.45) is 5.92 Å². The lowest BCUT2D eigenvalue weighted by Crippen LogP contribution is -2.52. The molecule has 0 bridgehead atoms. The van der Waals surface area contributed by atoms with Gasteiger partial charge in [0.05, 0.1) is 25.2 Å². The van der Waals surface area contributed by atoms with Crippen molar-refractivity contribution in [3.8, 4) is 0 Å². The predicted molar refractivity (Wildman–Crippen MR) is 61.1 cm³/mol. The van der Waals surface area contributed by atoms with E-state index in [1.807, 2.05) is 0 Å². The molecule has 118 valence electrons. The fraction of sp³-hybridized carbons (Fsp3) is 0.889. The number of ether oxygens (including phenoxy) is 1. The van der Waals surface area contributed by atoms with Crippen molar-refractivity contribution in [1.82, 2.24) is 9.03 Å². The summed E-state index contributed by atoms with van der Waals surface area (Å²) < 4.78 is 66.9. The molecule has 0 radical (unpaired) electrons. The van der Waals surface area contributed by atoms with Crippen LogP contribution in [0.15, 0.2) is 0 Å². The Morgan fingerprint density at radius 3 is 2.50 bits per heavy atom. The molecule has 0 aromatic carbocycles. The number of halogens is 3. The average Bonchev–Trinajstić information content (AvgIpc) is 2.75. The Kier molecular flexibility index (Phi) is 5.35. The van der Waals surface area contributed by atoms with Crippen molar-refractivity contribution >= 4 is 16.2 Å². The average molecular weight is 320 g/mol. The number of likely N-dealkylation sites (N-methyl/N-ethyl adjacent to an activating group) is 1. The molecule has 11 heteroatoms. The molecular weight excluding hydrogens is 305 g/mol. The van der Waals surface area contributed by atoms with Crippen molar-refractivity contribution in [2.45, 2.75) is 19.1 Å². The van der Waals surface area contributed by atoms with E-state index in [1.165, 1.54) is 11.6 Å². The lowest BCUT2D eigenvalue weighted by molar-refractivity contribution is -0.142. The van der Waals surface area contributed by atoms with Gasteiger partial charge in [0, 0.05) is 6.54 Å². The second kappa shape index (κ2) is 6.24. The Morgan fingerprint density at radius 1 is 1.45 bits per heavy atom.